The number of fused-ring (bicyclic) bond motifs is 1. The van der Waals surface area contributed by atoms with Crippen molar-refractivity contribution in [3.8, 4) is 22.1 Å². The van der Waals surface area contributed by atoms with Crippen LogP contribution < -0.4 is 14.8 Å². The summed E-state index contributed by atoms with van der Waals surface area (Å²) in [6.07, 6.45) is 1.77. The number of nitrogens with zero attached hydrogens (tertiary/aromatic N) is 1. The summed E-state index contributed by atoms with van der Waals surface area (Å²) >= 11 is 1.57. The van der Waals surface area contributed by atoms with E-state index in [9.17, 15) is 4.79 Å². The van der Waals surface area contributed by atoms with Crippen LogP contribution in [0.2, 0.25) is 0 Å². The van der Waals surface area contributed by atoms with Crippen LogP contribution >= 0.6 is 11.3 Å². The van der Waals surface area contributed by atoms with Crippen molar-refractivity contribution in [2.24, 2.45) is 0 Å². The van der Waals surface area contributed by atoms with E-state index in [0.717, 1.165) is 27.6 Å². The van der Waals surface area contributed by atoms with Gasteiger partial charge in [-0.1, -0.05) is 18.2 Å². The van der Waals surface area contributed by atoms with Crippen LogP contribution in [0.15, 0.2) is 54.0 Å². The van der Waals surface area contributed by atoms with Gasteiger partial charge in [0, 0.05) is 29.2 Å². The van der Waals surface area contributed by atoms with Gasteiger partial charge in [0.25, 0.3) is 5.91 Å². The maximum Gasteiger partial charge on any atom is 0.251 e. The monoisotopic (exact) mass is 338 g/mol. The van der Waals surface area contributed by atoms with Gasteiger partial charge in [0.1, 0.15) is 5.01 Å². The van der Waals surface area contributed by atoms with E-state index in [1.165, 1.54) is 0 Å². The van der Waals surface area contributed by atoms with Gasteiger partial charge in [-0.05, 0) is 29.8 Å². The molecule has 6 heteroatoms. The van der Waals surface area contributed by atoms with Gasteiger partial charge in [0.05, 0.1) is 0 Å². The van der Waals surface area contributed by atoms with E-state index >= 15 is 0 Å². The summed E-state index contributed by atoms with van der Waals surface area (Å²) in [5, 5.41) is 5.79. The van der Waals surface area contributed by atoms with Crippen LogP contribution in [0.1, 0.15) is 15.9 Å². The average Bonchev–Trinajstić information content (AvgIpc) is 3.31. The third-order valence-electron chi connectivity index (χ3n) is 3.72. The zero-order valence-corrected chi connectivity index (χ0v) is 13.5. The molecule has 0 fully saturated rings. The number of hydrogen-bond donors (Lipinski definition) is 1. The summed E-state index contributed by atoms with van der Waals surface area (Å²) < 4.78 is 10.6. The van der Waals surface area contributed by atoms with Crippen LogP contribution in [-0.4, -0.2) is 17.7 Å². The molecular formula is C18H14N2O3S. The highest BCUT2D eigenvalue weighted by atomic mass is 32.1. The van der Waals surface area contributed by atoms with Gasteiger partial charge in [-0.2, -0.15) is 0 Å². The average molecular weight is 338 g/mol. The van der Waals surface area contributed by atoms with Crippen LogP contribution in [0.25, 0.3) is 10.6 Å². The molecule has 24 heavy (non-hydrogen) atoms. The first-order chi connectivity index (χ1) is 11.8. The topological polar surface area (TPSA) is 60.5 Å². The lowest BCUT2D eigenvalue weighted by Gasteiger charge is -2.07. The minimum absolute atomic E-state index is 0.113. The number of thiazole rings is 1. The molecule has 2 aromatic carbocycles. The summed E-state index contributed by atoms with van der Waals surface area (Å²) in [5.74, 6) is 1.34. The molecule has 0 saturated heterocycles. The molecule has 2 heterocycles. The molecule has 0 atom stereocenters. The normalized spacial score (nSPS) is 12.2. The smallest absolute Gasteiger partial charge is 0.251 e. The fourth-order valence-corrected chi connectivity index (χ4v) is 3.11. The number of hydrogen-bond acceptors (Lipinski definition) is 5. The van der Waals surface area contributed by atoms with Gasteiger partial charge < -0.3 is 14.8 Å². The van der Waals surface area contributed by atoms with Crippen LogP contribution in [0.4, 0.5) is 0 Å². The maximum atomic E-state index is 12.3. The Morgan fingerprint density at radius 3 is 2.75 bits per heavy atom. The third kappa shape index (κ3) is 2.96. The number of benzene rings is 2. The fraction of sp³-hybridized carbons (Fsp3) is 0.111. The number of carbonyl (C=O) groups excluding carboxylic acids is 1. The van der Waals surface area contributed by atoms with Crippen molar-refractivity contribution >= 4 is 17.2 Å². The molecule has 0 aliphatic carbocycles. The Balaban J connectivity index is 1.41. The van der Waals surface area contributed by atoms with Crippen molar-refractivity contribution in [1.29, 1.82) is 0 Å². The van der Waals surface area contributed by atoms with Crippen LogP contribution in [0.5, 0.6) is 11.5 Å². The Hall–Kier alpha value is -2.86. The number of ether oxygens (including phenoxy) is 2. The fourth-order valence-electron chi connectivity index (χ4n) is 2.47. The second kappa shape index (κ2) is 6.33. The van der Waals surface area contributed by atoms with Crippen molar-refractivity contribution in [2.75, 3.05) is 6.79 Å². The Bertz CT molecular complexity index is 860. The van der Waals surface area contributed by atoms with Gasteiger partial charge in [0.2, 0.25) is 6.79 Å². The largest absolute Gasteiger partial charge is 0.454 e. The maximum absolute atomic E-state index is 12.3. The Morgan fingerprint density at radius 1 is 1.12 bits per heavy atom. The lowest BCUT2D eigenvalue weighted by Crippen LogP contribution is -2.22. The molecule has 1 aromatic heterocycles. The summed E-state index contributed by atoms with van der Waals surface area (Å²) in [4.78, 5) is 16.5. The molecule has 0 unspecified atom stereocenters. The highest BCUT2D eigenvalue weighted by Crippen LogP contribution is 2.32. The summed E-state index contributed by atoms with van der Waals surface area (Å²) in [6, 6.07) is 13.1. The van der Waals surface area contributed by atoms with Crippen LogP contribution in [-0.2, 0) is 6.54 Å². The van der Waals surface area contributed by atoms with E-state index in [1.54, 1.807) is 17.5 Å². The van der Waals surface area contributed by atoms with Crippen LogP contribution in [0, 0.1) is 0 Å². The van der Waals surface area contributed by atoms with Gasteiger partial charge in [-0.3, -0.25) is 4.79 Å². The second-order valence-electron chi connectivity index (χ2n) is 5.28. The molecule has 1 aliphatic rings. The number of aromatic nitrogens is 1. The first-order valence-electron chi connectivity index (χ1n) is 7.46. The van der Waals surface area contributed by atoms with E-state index in [4.69, 9.17) is 9.47 Å². The minimum Gasteiger partial charge on any atom is -0.454 e. The quantitative estimate of drug-likeness (QED) is 0.791. The molecule has 3 aromatic rings. The van der Waals surface area contributed by atoms with Crippen molar-refractivity contribution in [3.63, 3.8) is 0 Å². The van der Waals surface area contributed by atoms with Crippen molar-refractivity contribution in [1.82, 2.24) is 10.3 Å². The first-order valence-corrected chi connectivity index (χ1v) is 8.34. The Labute approximate surface area is 142 Å². The first kappa shape index (κ1) is 14.7. The second-order valence-corrected chi connectivity index (χ2v) is 6.18. The molecule has 0 bridgehead atoms. The summed E-state index contributed by atoms with van der Waals surface area (Å²) in [5.41, 5.74) is 2.60. The van der Waals surface area contributed by atoms with E-state index < -0.39 is 0 Å². The third-order valence-corrected chi connectivity index (χ3v) is 4.54. The number of nitrogens with one attached hydrogen (secondary N) is 1. The van der Waals surface area contributed by atoms with Gasteiger partial charge in [-0.15, -0.1) is 11.3 Å². The lowest BCUT2D eigenvalue weighted by molar-refractivity contribution is 0.0951. The molecule has 4 rings (SSSR count). The van der Waals surface area contributed by atoms with E-state index in [1.807, 2.05) is 47.8 Å². The predicted molar refractivity (Wildman–Crippen MR) is 91.3 cm³/mol. The molecule has 5 nitrogen and oxygen atoms in total. The minimum atomic E-state index is -0.113. The molecule has 120 valence electrons. The van der Waals surface area contributed by atoms with Gasteiger partial charge in [0.15, 0.2) is 11.5 Å². The predicted octanol–water partition coefficient (Wildman–Crippen LogP) is 3.47. The zero-order valence-electron chi connectivity index (χ0n) is 12.7. The molecule has 0 spiro atoms. The Morgan fingerprint density at radius 2 is 1.96 bits per heavy atom. The number of rotatable bonds is 4. The number of carbonyl (C=O) groups is 1. The Kier molecular flexibility index (Phi) is 3.88. The van der Waals surface area contributed by atoms with Gasteiger partial charge >= 0.3 is 0 Å². The highest BCUT2D eigenvalue weighted by Gasteiger charge is 2.13. The highest BCUT2D eigenvalue weighted by molar-refractivity contribution is 7.13. The summed E-state index contributed by atoms with van der Waals surface area (Å²) in [7, 11) is 0. The van der Waals surface area contributed by atoms with E-state index in [2.05, 4.69) is 10.3 Å². The van der Waals surface area contributed by atoms with Crippen molar-refractivity contribution in [2.45, 2.75) is 6.54 Å². The zero-order chi connectivity index (χ0) is 16.4. The molecule has 1 amide bonds. The lowest BCUT2D eigenvalue weighted by atomic mass is 10.1. The van der Waals surface area contributed by atoms with E-state index in [0.29, 0.717) is 12.1 Å². The van der Waals surface area contributed by atoms with E-state index in [-0.39, 0.29) is 12.7 Å². The molecule has 1 aliphatic heterocycles. The molecular weight excluding hydrogens is 324 g/mol. The van der Waals surface area contributed by atoms with Crippen molar-refractivity contribution < 1.29 is 14.3 Å². The van der Waals surface area contributed by atoms with Crippen LogP contribution in [0.3, 0.4) is 0 Å². The molecule has 0 saturated carbocycles. The standard InChI is InChI=1S/C18H14N2O3S/c21-17(13-2-4-14(5-3-13)18-19-7-8-24-18)20-10-12-1-6-15-16(9-12)23-11-22-15/h1-9H,10-11H2,(H,20,21). The van der Waals surface area contributed by atoms with Gasteiger partial charge in [-0.25, -0.2) is 4.98 Å². The number of amides is 1. The van der Waals surface area contributed by atoms with Crippen molar-refractivity contribution in [3.05, 3.63) is 65.2 Å². The molecule has 0 radical (unpaired) electrons. The SMILES string of the molecule is O=C(NCc1ccc2c(c1)OCO2)c1ccc(-c2nccs2)cc1. The molecule has 1 N–H and O–H groups in total. The summed E-state index contributed by atoms with van der Waals surface area (Å²) in [6.45, 7) is 0.681.